The van der Waals surface area contributed by atoms with Gasteiger partial charge in [0.05, 0.1) is 11.8 Å². The molecular formula is C11H15N3O3. The monoisotopic (exact) mass is 237 g/mol. The summed E-state index contributed by atoms with van der Waals surface area (Å²) >= 11 is 0. The van der Waals surface area contributed by atoms with Gasteiger partial charge < -0.3 is 19.8 Å². The average molecular weight is 237 g/mol. The standard InChI is InChI=1S/C11H15N3O3/c1-17-10-4-6-13(7-5-10)9-2-3-11(12-8-9)14(15)16/h2-3,8,10H,4-7H2,1H3. The Balaban J connectivity index is 2.01. The third-order valence-corrected chi connectivity index (χ3v) is 3.06. The summed E-state index contributed by atoms with van der Waals surface area (Å²) in [7, 11) is 1.73. The SMILES string of the molecule is COC1CCN(c2ccc([N+](=O)[O-])nc2)CC1. The van der Waals surface area contributed by atoms with Gasteiger partial charge in [0.25, 0.3) is 0 Å². The molecule has 0 atom stereocenters. The van der Waals surface area contributed by atoms with Crippen LogP contribution in [-0.2, 0) is 4.74 Å². The number of nitrogens with zero attached hydrogens (tertiary/aromatic N) is 3. The van der Waals surface area contributed by atoms with E-state index in [4.69, 9.17) is 4.74 Å². The number of hydrogen-bond donors (Lipinski definition) is 0. The van der Waals surface area contributed by atoms with E-state index >= 15 is 0 Å². The molecule has 0 saturated carbocycles. The number of piperidine rings is 1. The van der Waals surface area contributed by atoms with Crippen LogP contribution in [0, 0.1) is 10.1 Å². The van der Waals surface area contributed by atoms with Crippen LogP contribution in [0.2, 0.25) is 0 Å². The van der Waals surface area contributed by atoms with Crippen LogP contribution in [0.5, 0.6) is 0 Å². The smallest absolute Gasteiger partial charge is 0.363 e. The quantitative estimate of drug-likeness (QED) is 0.590. The molecule has 1 aliphatic heterocycles. The molecule has 2 rings (SSSR count). The summed E-state index contributed by atoms with van der Waals surface area (Å²) in [6.07, 6.45) is 3.85. The predicted octanol–water partition coefficient (Wildman–Crippen LogP) is 1.60. The average Bonchev–Trinajstić information content (AvgIpc) is 2.39. The van der Waals surface area contributed by atoms with Crippen molar-refractivity contribution in [3.63, 3.8) is 0 Å². The fraction of sp³-hybridized carbons (Fsp3) is 0.545. The van der Waals surface area contributed by atoms with Crippen molar-refractivity contribution in [1.82, 2.24) is 4.98 Å². The van der Waals surface area contributed by atoms with E-state index in [1.54, 1.807) is 19.4 Å². The zero-order chi connectivity index (χ0) is 12.3. The van der Waals surface area contributed by atoms with Gasteiger partial charge in [0, 0.05) is 26.3 Å². The van der Waals surface area contributed by atoms with E-state index in [2.05, 4.69) is 9.88 Å². The van der Waals surface area contributed by atoms with Crippen LogP contribution in [0.15, 0.2) is 18.3 Å². The van der Waals surface area contributed by atoms with Crippen LogP contribution >= 0.6 is 0 Å². The van der Waals surface area contributed by atoms with Crippen LogP contribution in [-0.4, -0.2) is 36.2 Å². The maximum atomic E-state index is 10.5. The predicted molar refractivity (Wildman–Crippen MR) is 63.1 cm³/mol. The van der Waals surface area contributed by atoms with E-state index in [0.29, 0.717) is 6.10 Å². The van der Waals surface area contributed by atoms with Gasteiger partial charge in [0.15, 0.2) is 6.20 Å². The van der Waals surface area contributed by atoms with Crippen LogP contribution in [0.1, 0.15) is 12.8 Å². The van der Waals surface area contributed by atoms with Gasteiger partial charge in [-0.05, 0) is 28.8 Å². The van der Waals surface area contributed by atoms with Crippen LogP contribution in [0.4, 0.5) is 11.5 Å². The summed E-state index contributed by atoms with van der Waals surface area (Å²) in [5.74, 6) is -0.111. The van der Waals surface area contributed by atoms with Crippen molar-refractivity contribution in [3.8, 4) is 0 Å². The van der Waals surface area contributed by atoms with Crippen molar-refractivity contribution >= 4 is 11.5 Å². The number of nitro groups is 1. The van der Waals surface area contributed by atoms with E-state index in [1.165, 1.54) is 6.07 Å². The molecule has 1 aliphatic rings. The number of ether oxygens (including phenoxy) is 1. The number of pyridine rings is 1. The molecule has 0 radical (unpaired) electrons. The Morgan fingerprint density at radius 2 is 2.18 bits per heavy atom. The van der Waals surface area contributed by atoms with E-state index in [-0.39, 0.29) is 5.82 Å². The summed E-state index contributed by atoms with van der Waals surface area (Å²) in [6.45, 7) is 1.80. The van der Waals surface area contributed by atoms with E-state index in [0.717, 1.165) is 31.6 Å². The molecule has 0 aliphatic carbocycles. The first kappa shape index (κ1) is 11.8. The van der Waals surface area contributed by atoms with Crippen LogP contribution in [0.25, 0.3) is 0 Å². The molecule has 0 unspecified atom stereocenters. The van der Waals surface area contributed by atoms with Gasteiger partial charge in [0.2, 0.25) is 0 Å². The minimum atomic E-state index is -0.485. The molecule has 1 fully saturated rings. The summed E-state index contributed by atoms with van der Waals surface area (Å²) in [5.41, 5.74) is 0.935. The zero-order valence-corrected chi connectivity index (χ0v) is 9.70. The number of methoxy groups -OCH3 is 1. The van der Waals surface area contributed by atoms with E-state index in [1.807, 2.05) is 0 Å². The largest absolute Gasteiger partial charge is 0.381 e. The first-order valence-electron chi connectivity index (χ1n) is 5.59. The summed E-state index contributed by atoms with van der Waals surface area (Å²) in [6, 6.07) is 3.19. The fourth-order valence-corrected chi connectivity index (χ4v) is 2.02. The lowest BCUT2D eigenvalue weighted by Gasteiger charge is -2.32. The first-order valence-corrected chi connectivity index (χ1v) is 5.59. The molecule has 0 aromatic carbocycles. The summed E-state index contributed by atoms with van der Waals surface area (Å²) < 4.78 is 5.29. The third kappa shape index (κ3) is 2.71. The molecule has 1 aromatic rings. The molecular weight excluding hydrogens is 222 g/mol. The third-order valence-electron chi connectivity index (χ3n) is 3.06. The Labute approximate surface area is 99.4 Å². The molecule has 92 valence electrons. The highest BCUT2D eigenvalue weighted by atomic mass is 16.6. The number of hydrogen-bond acceptors (Lipinski definition) is 5. The lowest BCUT2D eigenvalue weighted by molar-refractivity contribution is -0.389. The molecule has 6 heteroatoms. The minimum absolute atomic E-state index is 0.111. The van der Waals surface area contributed by atoms with Gasteiger partial charge in [0.1, 0.15) is 0 Å². The lowest BCUT2D eigenvalue weighted by atomic mass is 10.1. The van der Waals surface area contributed by atoms with Crippen LogP contribution < -0.4 is 4.90 Å². The van der Waals surface area contributed by atoms with Crippen molar-refractivity contribution in [1.29, 1.82) is 0 Å². The second-order valence-corrected chi connectivity index (χ2v) is 4.05. The molecule has 0 N–H and O–H groups in total. The zero-order valence-electron chi connectivity index (χ0n) is 9.70. The van der Waals surface area contributed by atoms with Crippen LogP contribution in [0.3, 0.4) is 0 Å². The van der Waals surface area contributed by atoms with Crippen molar-refractivity contribution in [2.45, 2.75) is 18.9 Å². The minimum Gasteiger partial charge on any atom is -0.381 e. The Bertz CT molecular complexity index is 385. The molecule has 1 aromatic heterocycles. The van der Waals surface area contributed by atoms with Crippen molar-refractivity contribution in [2.24, 2.45) is 0 Å². The Hall–Kier alpha value is -1.69. The topological polar surface area (TPSA) is 68.5 Å². The van der Waals surface area contributed by atoms with E-state index in [9.17, 15) is 10.1 Å². The molecule has 2 heterocycles. The molecule has 6 nitrogen and oxygen atoms in total. The van der Waals surface area contributed by atoms with Gasteiger partial charge in [-0.3, -0.25) is 0 Å². The highest BCUT2D eigenvalue weighted by Gasteiger charge is 2.20. The summed E-state index contributed by atoms with van der Waals surface area (Å²) in [4.78, 5) is 16.0. The molecule has 17 heavy (non-hydrogen) atoms. The number of rotatable bonds is 3. The number of aromatic nitrogens is 1. The second kappa shape index (κ2) is 5.09. The van der Waals surface area contributed by atoms with Gasteiger partial charge in [-0.25, -0.2) is 0 Å². The summed E-state index contributed by atoms with van der Waals surface area (Å²) in [5, 5.41) is 10.5. The first-order chi connectivity index (χ1) is 8.20. The van der Waals surface area contributed by atoms with Gasteiger partial charge >= 0.3 is 5.82 Å². The highest BCUT2D eigenvalue weighted by Crippen LogP contribution is 2.21. The second-order valence-electron chi connectivity index (χ2n) is 4.05. The van der Waals surface area contributed by atoms with Crippen molar-refractivity contribution in [3.05, 3.63) is 28.4 Å². The maximum Gasteiger partial charge on any atom is 0.363 e. The number of anilines is 1. The molecule has 0 amide bonds. The molecule has 0 bridgehead atoms. The Morgan fingerprint density at radius 1 is 1.47 bits per heavy atom. The van der Waals surface area contributed by atoms with Crippen molar-refractivity contribution < 1.29 is 9.66 Å². The highest BCUT2D eigenvalue weighted by molar-refractivity contribution is 5.46. The van der Waals surface area contributed by atoms with Gasteiger partial charge in [-0.2, -0.15) is 0 Å². The Kier molecular flexibility index (Phi) is 3.53. The van der Waals surface area contributed by atoms with E-state index < -0.39 is 4.92 Å². The van der Waals surface area contributed by atoms with Gasteiger partial charge in [-0.15, -0.1) is 0 Å². The molecule has 0 spiro atoms. The van der Waals surface area contributed by atoms with Crippen molar-refractivity contribution in [2.75, 3.05) is 25.1 Å². The lowest BCUT2D eigenvalue weighted by Crippen LogP contribution is -2.36. The fourth-order valence-electron chi connectivity index (χ4n) is 2.02. The molecule has 1 saturated heterocycles. The normalized spacial score (nSPS) is 17.1. The maximum absolute atomic E-state index is 10.5. The van der Waals surface area contributed by atoms with Gasteiger partial charge in [-0.1, -0.05) is 0 Å². The Morgan fingerprint density at radius 3 is 2.65 bits per heavy atom.